The smallest absolute Gasteiger partial charge is 0.349 e. The number of rotatable bonds is 4. The van der Waals surface area contributed by atoms with Gasteiger partial charge >= 0.3 is 5.63 Å². The average molecular weight is 428 g/mol. The SMILES string of the molecule is COc1ccc2oc(=O)c(C(=O)Nc3nc(-c4ccc5ccccc5c4)cs3)cc2c1. The number of fused-ring (bicyclic) bond motifs is 2. The Morgan fingerprint density at radius 3 is 2.68 bits per heavy atom. The number of nitrogens with zero attached hydrogens (tertiary/aromatic N) is 1. The highest BCUT2D eigenvalue weighted by molar-refractivity contribution is 7.14. The quantitative estimate of drug-likeness (QED) is 0.391. The van der Waals surface area contributed by atoms with Crippen LogP contribution in [-0.4, -0.2) is 18.0 Å². The summed E-state index contributed by atoms with van der Waals surface area (Å²) in [6, 6.07) is 20.7. The maximum atomic E-state index is 12.7. The second-order valence-electron chi connectivity index (χ2n) is 6.91. The van der Waals surface area contributed by atoms with E-state index in [0.29, 0.717) is 21.9 Å². The number of carbonyl (C=O) groups is 1. The molecule has 0 atom stereocenters. The number of anilines is 1. The topological polar surface area (TPSA) is 81.4 Å². The summed E-state index contributed by atoms with van der Waals surface area (Å²) in [5, 5.41) is 7.83. The summed E-state index contributed by atoms with van der Waals surface area (Å²) in [6.45, 7) is 0. The molecule has 7 heteroatoms. The zero-order valence-electron chi connectivity index (χ0n) is 16.4. The van der Waals surface area contributed by atoms with Crippen LogP contribution in [0.3, 0.4) is 0 Å². The molecule has 0 unspecified atom stereocenters. The Hall–Kier alpha value is -3.97. The predicted molar refractivity (Wildman–Crippen MR) is 122 cm³/mol. The van der Waals surface area contributed by atoms with E-state index in [4.69, 9.17) is 9.15 Å². The number of nitrogens with one attached hydrogen (secondary N) is 1. The lowest BCUT2D eigenvalue weighted by molar-refractivity contribution is 0.102. The van der Waals surface area contributed by atoms with Gasteiger partial charge in [-0.1, -0.05) is 36.4 Å². The molecule has 6 nitrogen and oxygen atoms in total. The van der Waals surface area contributed by atoms with Gasteiger partial charge in [-0.05, 0) is 41.1 Å². The summed E-state index contributed by atoms with van der Waals surface area (Å²) in [7, 11) is 1.55. The van der Waals surface area contributed by atoms with Crippen molar-refractivity contribution in [2.45, 2.75) is 0 Å². The van der Waals surface area contributed by atoms with E-state index in [9.17, 15) is 9.59 Å². The first-order valence-electron chi connectivity index (χ1n) is 9.49. The summed E-state index contributed by atoms with van der Waals surface area (Å²) in [4.78, 5) is 29.5. The average Bonchev–Trinajstić information content (AvgIpc) is 3.26. The van der Waals surface area contributed by atoms with E-state index >= 15 is 0 Å². The number of aromatic nitrogens is 1. The van der Waals surface area contributed by atoms with Crippen LogP contribution in [0, 0.1) is 0 Å². The van der Waals surface area contributed by atoms with Crippen molar-refractivity contribution in [1.82, 2.24) is 4.98 Å². The Balaban J connectivity index is 1.42. The van der Waals surface area contributed by atoms with Gasteiger partial charge < -0.3 is 9.15 Å². The molecule has 1 N–H and O–H groups in total. The van der Waals surface area contributed by atoms with Crippen molar-refractivity contribution in [3.8, 4) is 17.0 Å². The monoisotopic (exact) mass is 428 g/mol. The molecule has 0 saturated carbocycles. The lowest BCUT2D eigenvalue weighted by Gasteiger charge is -2.04. The lowest BCUT2D eigenvalue weighted by Crippen LogP contribution is -2.20. The van der Waals surface area contributed by atoms with Crippen LogP contribution in [-0.2, 0) is 0 Å². The highest BCUT2D eigenvalue weighted by Gasteiger charge is 2.16. The van der Waals surface area contributed by atoms with Crippen LogP contribution in [0.15, 0.2) is 81.3 Å². The first kappa shape index (κ1) is 19.0. The molecule has 152 valence electrons. The third-order valence-electron chi connectivity index (χ3n) is 4.95. The Morgan fingerprint density at radius 2 is 1.84 bits per heavy atom. The first-order valence-corrected chi connectivity index (χ1v) is 10.4. The normalized spacial score (nSPS) is 11.0. The number of methoxy groups -OCH3 is 1. The molecule has 0 spiro atoms. The number of carbonyl (C=O) groups excluding carboxylic acids is 1. The second-order valence-corrected chi connectivity index (χ2v) is 7.76. The summed E-state index contributed by atoms with van der Waals surface area (Å²) in [6.07, 6.45) is 0. The van der Waals surface area contributed by atoms with Crippen molar-refractivity contribution in [3.63, 3.8) is 0 Å². The molecule has 3 aromatic carbocycles. The van der Waals surface area contributed by atoms with Crippen LogP contribution in [0.5, 0.6) is 5.75 Å². The molecule has 5 rings (SSSR count). The second kappa shape index (κ2) is 7.70. The summed E-state index contributed by atoms with van der Waals surface area (Å²) in [5.41, 5.74) is 1.29. The van der Waals surface area contributed by atoms with E-state index in [2.05, 4.69) is 22.4 Å². The Labute approximate surface area is 180 Å². The highest BCUT2D eigenvalue weighted by atomic mass is 32.1. The molecule has 0 fully saturated rings. The lowest BCUT2D eigenvalue weighted by atomic mass is 10.1. The Bertz CT molecular complexity index is 1500. The molecule has 0 saturated heterocycles. The maximum Gasteiger partial charge on any atom is 0.349 e. The fourth-order valence-corrected chi connectivity index (χ4v) is 4.08. The Morgan fingerprint density at radius 1 is 1.00 bits per heavy atom. The van der Waals surface area contributed by atoms with Crippen molar-refractivity contribution in [2.24, 2.45) is 0 Å². The number of hydrogen-bond acceptors (Lipinski definition) is 6. The van der Waals surface area contributed by atoms with Gasteiger partial charge in [0.1, 0.15) is 16.9 Å². The molecule has 31 heavy (non-hydrogen) atoms. The van der Waals surface area contributed by atoms with Gasteiger partial charge in [0.2, 0.25) is 0 Å². The summed E-state index contributed by atoms with van der Waals surface area (Å²) >= 11 is 1.29. The van der Waals surface area contributed by atoms with Crippen LogP contribution in [0.2, 0.25) is 0 Å². The van der Waals surface area contributed by atoms with Crippen LogP contribution < -0.4 is 15.7 Å². The van der Waals surface area contributed by atoms with Gasteiger partial charge in [-0.25, -0.2) is 9.78 Å². The highest BCUT2D eigenvalue weighted by Crippen LogP contribution is 2.28. The van der Waals surface area contributed by atoms with Gasteiger partial charge in [0.25, 0.3) is 5.91 Å². The number of ether oxygens (including phenoxy) is 1. The third-order valence-corrected chi connectivity index (χ3v) is 5.71. The number of hydrogen-bond donors (Lipinski definition) is 1. The van der Waals surface area contributed by atoms with Gasteiger partial charge in [-0.3, -0.25) is 10.1 Å². The van der Waals surface area contributed by atoms with Crippen LogP contribution in [0.1, 0.15) is 10.4 Å². The third kappa shape index (κ3) is 3.67. The predicted octanol–water partition coefficient (Wildman–Crippen LogP) is 5.33. The number of amides is 1. The van der Waals surface area contributed by atoms with Gasteiger partial charge in [0, 0.05) is 16.3 Å². The summed E-state index contributed by atoms with van der Waals surface area (Å²) in [5.74, 6) is 0.0329. The molecule has 0 radical (unpaired) electrons. The standard InChI is InChI=1S/C24H16N2O4S/c1-29-18-8-9-21-17(11-18)12-19(23(28)30-21)22(27)26-24-25-20(13-31-24)16-7-6-14-4-2-3-5-15(14)10-16/h2-13H,1H3,(H,25,26,27). The molecule has 5 aromatic rings. The fourth-order valence-electron chi connectivity index (χ4n) is 3.36. The van der Waals surface area contributed by atoms with Crippen molar-refractivity contribution < 1.29 is 13.9 Å². The van der Waals surface area contributed by atoms with Gasteiger partial charge in [0.15, 0.2) is 5.13 Å². The largest absolute Gasteiger partial charge is 0.497 e. The van der Waals surface area contributed by atoms with E-state index in [1.807, 2.05) is 35.7 Å². The number of benzene rings is 3. The van der Waals surface area contributed by atoms with E-state index in [1.54, 1.807) is 25.3 Å². The molecule has 0 aliphatic carbocycles. The van der Waals surface area contributed by atoms with Crippen LogP contribution in [0.25, 0.3) is 33.0 Å². The van der Waals surface area contributed by atoms with E-state index in [0.717, 1.165) is 22.0 Å². The molecule has 0 aliphatic rings. The van der Waals surface area contributed by atoms with Crippen LogP contribution in [0.4, 0.5) is 5.13 Å². The number of thiazole rings is 1. The molecular formula is C24H16N2O4S. The summed E-state index contributed by atoms with van der Waals surface area (Å²) < 4.78 is 10.5. The minimum Gasteiger partial charge on any atom is -0.497 e. The van der Waals surface area contributed by atoms with Crippen LogP contribution >= 0.6 is 11.3 Å². The maximum absolute atomic E-state index is 12.7. The first-order chi connectivity index (χ1) is 15.1. The van der Waals surface area contributed by atoms with Crippen molar-refractivity contribution in [3.05, 3.63) is 88.1 Å². The van der Waals surface area contributed by atoms with Gasteiger partial charge in [0.05, 0.1) is 12.8 Å². The van der Waals surface area contributed by atoms with Crippen molar-refractivity contribution in [1.29, 1.82) is 0 Å². The van der Waals surface area contributed by atoms with E-state index < -0.39 is 11.5 Å². The Kier molecular flexibility index (Phi) is 4.72. The fraction of sp³-hybridized carbons (Fsp3) is 0.0417. The molecule has 2 heterocycles. The molecular weight excluding hydrogens is 412 g/mol. The zero-order valence-corrected chi connectivity index (χ0v) is 17.2. The molecule has 0 aliphatic heterocycles. The molecule has 1 amide bonds. The van der Waals surface area contributed by atoms with Crippen molar-refractivity contribution in [2.75, 3.05) is 12.4 Å². The molecule has 0 bridgehead atoms. The zero-order chi connectivity index (χ0) is 21.4. The van der Waals surface area contributed by atoms with Crippen molar-refractivity contribution >= 4 is 44.1 Å². The van der Waals surface area contributed by atoms with Gasteiger partial charge in [-0.15, -0.1) is 11.3 Å². The van der Waals surface area contributed by atoms with E-state index in [-0.39, 0.29) is 5.56 Å². The van der Waals surface area contributed by atoms with E-state index in [1.165, 1.54) is 17.4 Å². The van der Waals surface area contributed by atoms with Gasteiger partial charge in [-0.2, -0.15) is 0 Å². The minimum absolute atomic E-state index is 0.0943. The molecule has 2 aromatic heterocycles. The minimum atomic E-state index is -0.707.